The Labute approximate surface area is 98.8 Å². The Morgan fingerprint density at radius 1 is 1.41 bits per heavy atom. The van der Waals surface area contributed by atoms with Crippen molar-refractivity contribution in [2.24, 2.45) is 5.11 Å². The normalized spacial score (nSPS) is 13.8. The van der Waals surface area contributed by atoms with Gasteiger partial charge in [0.25, 0.3) is 0 Å². The number of aryl methyl sites for hydroxylation is 1. The highest BCUT2D eigenvalue weighted by Crippen LogP contribution is 2.25. The minimum atomic E-state index is -1.05. The van der Waals surface area contributed by atoms with Crippen molar-refractivity contribution in [1.82, 2.24) is 0 Å². The lowest BCUT2D eigenvalue weighted by molar-refractivity contribution is 0.0146. The summed E-state index contributed by atoms with van der Waals surface area (Å²) in [6.45, 7) is 1.87. The number of hydrogen-bond acceptors (Lipinski definition) is 4. The summed E-state index contributed by atoms with van der Waals surface area (Å²) in [5.74, 6) is 0.113. The molecule has 0 aromatic heterocycles. The highest BCUT2D eigenvalue weighted by Gasteiger charge is 2.19. The summed E-state index contributed by atoms with van der Waals surface area (Å²) >= 11 is 0. The number of azide groups is 1. The number of aliphatic hydroxyl groups excluding tert-OH is 2. The molecule has 0 radical (unpaired) electrons. The minimum Gasteiger partial charge on any atom is -0.508 e. The van der Waals surface area contributed by atoms with Crippen LogP contribution in [0.3, 0.4) is 0 Å². The first-order valence-electron chi connectivity index (χ1n) is 5.22. The van der Waals surface area contributed by atoms with Crippen LogP contribution in [0.4, 0.5) is 0 Å². The zero-order valence-electron chi connectivity index (χ0n) is 9.48. The molecule has 2 unspecified atom stereocenters. The molecule has 3 N–H and O–H groups in total. The number of hydrogen-bond donors (Lipinski definition) is 3. The lowest BCUT2D eigenvalue weighted by atomic mass is 9.98. The van der Waals surface area contributed by atoms with E-state index in [0.717, 1.165) is 0 Å². The lowest BCUT2D eigenvalue weighted by Crippen LogP contribution is -2.19. The first-order valence-corrected chi connectivity index (χ1v) is 5.22. The van der Waals surface area contributed by atoms with Gasteiger partial charge in [0.1, 0.15) is 11.9 Å². The minimum absolute atomic E-state index is 0.113. The van der Waals surface area contributed by atoms with Gasteiger partial charge in [0.15, 0.2) is 0 Å². The molecule has 0 bridgehead atoms. The van der Waals surface area contributed by atoms with Gasteiger partial charge in [0.2, 0.25) is 0 Å². The highest BCUT2D eigenvalue weighted by atomic mass is 16.3. The number of phenols is 1. The van der Waals surface area contributed by atoms with E-state index < -0.39 is 12.2 Å². The second-order valence-corrected chi connectivity index (χ2v) is 3.80. The zero-order chi connectivity index (χ0) is 12.8. The molecule has 6 nitrogen and oxygen atoms in total. The number of nitrogens with zero attached hydrogens (tertiary/aromatic N) is 3. The highest BCUT2D eigenvalue weighted by molar-refractivity contribution is 5.35. The summed E-state index contributed by atoms with van der Waals surface area (Å²) in [5.41, 5.74) is 9.34. The predicted molar refractivity (Wildman–Crippen MR) is 62.4 cm³/mol. The molecule has 0 saturated carbocycles. The largest absolute Gasteiger partial charge is 0.508 e. The van der Waals surface area contributed by atoms with Crippen LogP contribution in [0.1, 0.15) is 23.7 Å². The SMILES string of the molecule is Cc1cc(O)ccc1C(O)C(O)CCN=[N+]=[N-]. The van der Waals surface area contributed by atoms with Crippen molar-refractivity contribution >= 4 is 0 Å². The van der Waals surface area contributed by atoms with E-state index in [9.17, 15) is 15.3 Å². The van der Waals surface area contributed by atoms with E-state index in [0.29, 0.717) is 11.1 Å². The number of aliphatic hydroxyl groups is 2. The van der Waals surface area contributed by atoms with Gasteiger partial charge in [-0.1, -0.05) is 11.2 Å². The van der Waals surface area contributed by atoms with Gasteiger partial charge in [0.05, 0.1) is 6.10 Å². The van der Waals surface area contributed by atoms with E-state index in [2.05, 4.69) is 10.0 Å². The molecule has 1 rings (SSSR count). The maximum atomic E-state index is 9.89. The number of phenolic OH excluding ortho intramolecular Hbond substituents is 1. The molecule has 0 heterocycles. The van der Waals surface area contributed by atoms with Crippen LogP contribution in [0.15, 0.2) is 23.3 Å². The maximum absolute atomic E-state index is 9.89. The van der Waals surface area contributed by atoms with Crippen molar-refractivity contribution in [1.29, 1.82) is 0 Å². The molecule has 0 fully saturated rings. The summed E-state index contributed by atoms with van der Waals surface area (Å²) < 4.78 is 0. The van der Waals surface area contributed by atoms with Gasteiger partial charge in [-0.15, -0.1) is 0 Å². The molecular formula is C11H15N3O3. The molecule has 92 valence electrons. The Morgan fingerprint density at radius 2 is 2.12 bits per heavy atom. The van der Waals surface area contributed by atoms with Crippen LogP contribution >= 0.6 is 0 Å². The standard InChI is InChI=1S/C11H15N3O3/c1-7-6-8(15)2-3-9(7)11(17)10(16)4-5-13-14-12/h2-3,6,10-11,15-17H,4-5H2,1H3. The first-order chi connectivity index (χ1) is 8.06. The van der Waals surface area contributed by atoms with E-state index in [-0.39, 0.29) is 18.7 Å². The van der Waals surface area contributed by atoms with E-state index in [1.807, 2.05) is 0 Å². The Kier molecular flexibility index (Phi) is 4.78. The van der Waals surface area contributed by atoms with E-state index in [4.69, 9.17) is 5.53 Å². The molecule has 2 atom stereocenters. The average Bonchev–Trinajstić information content (AvgIpc) is 2.28. The van der Waals surface area contributed by atoms with Gasteiger partial charge in [-0.05, 0) is 42.1 Å². The van der Waals surface area contributed by atoms with Crippen LogP contribution in [0.5, 0.6) is 5.75 Å². The third kappa shape index (κ3) is 3.64. The van der Waals surface area contributed by atoms with Crippen LogP contribution < -0.4 is 0 Å². The van der Waals surface area contributed by atoms with Crippen molar-refractivity contribution in [2.45, 2.75) is 25.6 Å². The van der Waals surface area contributed by atoms with Gasteiger partial charge in [-0.2, -0.15) is 0 Å². The topological polar surface area (TPSA) is 109 Å². The summed E-state index contributed by atoms with van der Waals surface area (Å²) in [5, 5.41) is 32.1. The Hall–Kier alpha value is -1.75. The first kappa shape index (κ1) is 13.3. The van der Waals surface area contributed by atoms with Crippen molar-refractivity contribution in [2.75, 3.05) is 6.54 Å². The van der Waals surface area contributed by atoms with Crippen molar-refractivity contribution in [3.63, 3.8) is 0 Å². The fourth-order valence-electron chi connectivity index (χ4n) is 1.59. The van der Waals surface area contributed by atoms with Crippen molar-refractivity contribution in [3.05, 3.63) is 39.8 Å². The molecule has 0 amide bonds. The molecule has 1 aromatic rings. The van der Waals surface area contributed by atoms with Crippen molar-refractivity contribution < 1.29 is 15.3 Å². The molecule has 17 heavy (non-hydrogen) atoms. The van der Waals surface area contributed by atoms with Crippen LogP contribution in [0.2, 0.25) is 0 Å². The number of aromatic hydroxyl groups is 1. The van der Waals surface area contributed by atoms with Gasteiger partial charge in [-0.25, -0.2) is 0 Å². The van der Waals surface area contributed by atoms with Gasteiger partial charge in [0, 0.05) is 11.5 Å². The Bertz CT molecular complexity index is 430. The quantitative estimate of drug-likeness (QED) is 0.412. The second-order valence-electron chi connectivity index (χ2n) is 3.80. The monoisotopic (exact) mass is 237 g/mol. The molecule has 1 aromatic carbocycles. The van der Waals surface area contributed by atoms with Crippen molar-refractivity contribution in [3.8, 4) is 5.75 Å². The van der Waals surface area contributed by atoms with E-state index in [1.165, 1.54) is 12.1 Å². The molecule has 0 spiro atoms. The predicted octanol–water partition coefficient (Wildman–Crippen LogP) is 1.80. The fourth-order valence-corrected chi connectivity index (χ4v) is 1.59. The average molecular weight is 237 g/mol. The van der Waals surface area contributed by atoms with Crippen LogP contribution in [0, 0.1) is 6.92 Å². The third-order valence-corrected chi connectivity index (χ3v) is 2.52. The van der Waals surface area contributed by atoms with Gasteiger partial charge >= 0.3 is 0 Å². The fraction of sp³-hybridized carbons (Fsp3) is 0.455. The third-order valence-electron chi connectivity index (χ3n) is 2.52. The van der Waals surface area contributed by atoms with Crippen LogP contribution in [0.25, 0.3) is 10.4 Å². The summed E-state index contributed by atoms with van der Waals surface area (Å²) in [4.78, 5) is 2.57. The van der Waals surface area contributed by atoms with Crippen LogP contribution in [-0.4, -0.2) is 28.0 Å². The lowest BCUT2D eigenvalue weighted by Gasteiger charge is -2.19. The summed E-state index contributed by atoms with van der Waals surface area (Å²) in [7, 11) is 0. The zero-order valence-corrected chi connectivity index (χ0v) is 9.48. The second kappa shape index (κ2) is 6.10. The molecule has 0 aliphatic heterocycles. The molecule has 6 heteroatoms. The van der Waals surface area contributed by atoms with E-state index >= 15 is 0 Å². The molecule has 0 saturated heterocycles. The summed E-state index contributed by atoms with van der Waals surface area (Å²) in [6.07, 6.45) is -1.86. The van der Waals surface area contributed by atoms with Crippen LogP contribution in [-0.2, 0) is 0 Å². The molecule has 0 aliphatic carbocycles. The number of rotatable bonds is 5. The smallest absolute Gasteiger partial charge is 0.115 e. The van der Waals surface area contributed by atoms with Gasteiger partial charge < -0.3 is 15.3 Å². The Balaban J connectivity index is 2.73. The molecular weight excluding hydrogens is 222 g/mol. The molecule has 0 aliphatic rings. The summed E-state index contributed by atoms with van der Waals surface area (Å²) in [6, 6.07) is 4.52. The van der Waals surface area contributed by atoms with E-state index in [1.54, 1.807) is 13.0 Å². The van der Waals surface area contributed by atoms with Gasteiger partial charge in [-0.3, -0.25) is 0 Å². The Morgan fingerprint density at radius 3 is 2.71 bits per heavy atom. The maximum Gasteiger partial charge on any atom is 0.115 e. The number of benzene rings is 1.